The van der Waals surface area contributed by atoms with Crippen molar-refractivity contribution >= 4 is 21.7 Å². The van der Waals surface area contributed by atoms with Gasteiger partial charge in [-0.15, -0.1) is 0 Å². The van der Waals surface area contributed by atoms with Gasteiger partial charge in [0.1, 0.15) is 4.90 Å². The molecule has 1 aromatic carbocycles. The van der Waals surface area contributed by atoms with Gasteiger partial charge in [-0.3, -0.25) is 0 Å². The summed E-state index contributed by atoms with van der Waals surface area (Å²) in [6, 6.07) is 4.88. The number of esters is 1. The first-order valence-corrected chi connectivity index (χ1v) is 6.98. The van der Waals surface area contributed by atoms with Crippen molar-refractivity contribution in [1.29, 1.82) is 0 Å². The summed E-state index contributed by atoms with van der Waals surface area (Å²) in [6.45, 7) is 3.70. The lowest BCUT2D eigenvalue weighted by Crippen LogP contribution is -2.50. The smallest absolute Gasteiger partial charge is 0.344 e. The van der Waals surface area contributed by atoms with E-state index in [0.29, 0.717) is 5.69 Å². The fraction of sp³-hybridized carbons (Fsp3) is 0.364. The zero-order valence-electron chi connectivity index (χ0n) is 10.1. The van der Waals surface area contributed by atoms with Crippen molar-refractivity contribution in [1.82, 2.24) is 4.72 Å². The maximum absolute atomic E-state index is 11.9. The summed E-state index contributed by atoms with van der Waals surface area (Å²) in [6.07, 6.45) is -1.08. The van der Waals surface area contributed by atoms with E-state index in [-0.39, 0.29) is 11.5 Å². The minimum atomic E-state index is -3.68. The molecule has 0 aromatic heterocycles. The van der Waals surface area contributed by atoms with Crippen molar-refractivity contribution in [2.24, 2.45) is 0 Å². The van der Waals surface area contributed by atoms with Crippen LogP contribution in [0.3, 0.4) is 0 Å². The number of carbonyl (C=O) groups is 1. The molecule has 1 aromatic rings. The molecule has 0 bridgehead atoms. The highest BCUT2D eigenvalue weighted by atomic mass is 32.2. The highest BCUT2D eigenvalue weighted by Gasteiger charge is 2.33. The van der Waals surface area contributed by atoms with Crippen molar-refractivity contribution in [2.75, 3.05) is 11.9 Å². The van der Waals surface area contributed by atoms with E-state index in [1.807, 2.05) is 6.92 Å². The van der Waals surface area contributed by atoms with E-state index in [1.54, 1.807) is 19.1 Å². The standard InChI is InChI=1S/C11H14N2O4S/c1-3-17-11(14)10-12-8-6-7(2)4-5-9(8)18(15,16)13-10/h4-6,10,12-13H,3H2,1-2H3. The molecule has 6 nitrogen and oxygen atoms in total. The molecule has 2 N–H and O–H groups in total. The Hall–Kier alpha value is -1.60. The monoisotopic (exact) mass is 270 g/mol. The molecule has 1 aliphatic rings. The zero-order chi connectivity index (χ0) is 13.3. The lowest BCUT2D eigenvalue weighted by atomic mass is 10.2. The van der Waals surface area contributed by atoms with Crippen LogP contribution in [0.2, 0.25) is 0 Å². The topological polar surface area (TPSA) is 84.5 Å². The summed E-state index contributed by atoms with van der Waals surface area (Å²) in [5, 5.41) is 2.81. The SMILES string of the molecule is CCOC(=O)C1Nc2cc(C)ccc2S(=O)(=O)N1. The fourth-order valence-corrected chi connectivity index (χ4v) is 2.97. The van der Waals surface area contributed by atoms with Gasteiger partial charge in [0.25, 0.3) is 0 Å². The summed E-state index contributed by atoms with van der Waals surface area (Å²) in [4.78, 5) is 11.7. The van der Waals surface area contributed by atoms with Gasteiger partial charge >= 0.3 is 5.97 Å². The van der Waals surface area contributed by atoms with Crippen LogP contribution in [-0.4, -0.2) is 27.2 Å². The summed E-state index contributed by atoms with van der Waals surface area (Å²) in [5.74, 6) is -0.645. The molecule has 98 valence electrons. The van der Waals surface area contributed by atoms with Crippen LogP contribution in [0.4, 0.5) is 5.69 Å². The first kappa shape index (κ1) is 12.8. The van der Waals surface area contributed by atoms with Crippen LogP contribution in [0, 0.1) is 6.92 Å². The Kier molecular flexibility index (Phi) is 3.27. The number of ether oxygens (including phenoxy) is 1. The van der Waals surface area contributed by atoms with Crippen LogP contribution in [0.5, 0.6) is 0 Å². The van der Waals surface area contributed by atoms with Gasteiger partial charge in [0.15, 0.2) is 6.17 Å². The van der Waals surface area contributed by atoms with Crippen LogP contribution < -0.4 is 10.0 Å². The molecule has 0 radical (unpaired) electrons. The Labute approximate surface area is 105 Å². The summed E-state index contributed by atoms with van der Waals surface area (Å²) >= 11 is 0. The van der Waals surface area contributed by atoms with Gasteiger partial charge in [-0.25, -0.2) is 13.2 Å². The third-order valence-electron chi connectivity index (χ3n) is 2.52. The van der Waals surface area contributed by atoms with Crippen LogP contribution >= 0.6 is 0 Å². The minimum absolute atomic E-state index is 0.133. The van der Waals surface area contributed by atoms with E-state index < -0.39 is 22.2 Å². The molecule has 2 rings (SSSR count). The van der Waals surface area contributed by atoms with Gasteiger partial charge in [0, 0.05) is 0 Å². The van der Waals surface area contributed by atoms with Crippen molar-refractivity contribution in [2.45, 2.75) is 24.9 Å². The number of sulfonamides is 1. The normalized spacial score (nSPS) is 20.7. The molecule has 0 saturated heterocycles. The molecule has 0 amide bonds. The lowest BCUT2D eigenvalue weighted by Gasteiger charge is -2.26. The second-order valence-electron chi connectivity index (χ2n) is 3.95. The number of nitrogens with one attached hydrogen (secondary N) is 2. The second kappa shape index (κ2) is 4.58. The minimum Gasteiger partial charge on any atom is -0.463 e. The van der Waals surface area contributed by atoms with E-state index in [1.165, 1.54) is 6.07 Å². The Bertz CT molecular complexity index is 583. The summed E-state index contributed by atoms with van der Waals surface area (Å²) in [7, 11) is -3.68. The first-order valence-electron chi connectivity index (χ1n) is 5.50. The molecular weight excluding hydrogens is 256 g/mol. The molecule has 1 unspecified atom stereocenters. The van der Waals surface area contributed by atoms with E-state index in [2.05, 4.69) is 10.0 Å². The number of hydrogen-bond acceptors (Lipinski definition) is 5. The highest BCUT2D eigenvalue weighted by Crippen LogP contribution is 2.26. The molecule has 1 atom stereocenters. The number of anilines is 1. The molecule has 7 heteroatoms. The van der Waals surface area contributed by atoms with Gasteiger partial charge in [-0.2, -0.15) is 4.72 Å². The summed E-state index contributed by atoms with van der Waals surface area (Å²) in [5.41, 5.74) is 1.31. The molecule has 1 aliphatic heterocycles. The van der Waals surface area contributed by atoms with Gasteiger partial charge in [0.05, 0.1) is 12.3 Å². The van der Waals surface area contributed by atoms with Gasteiger partial charge in [0.2, 0.25) is 10.0 Å². The molecule has 0 saturated carbocycles. The molecular formula is C11H14N2O4S. The third kappa shape index (κ3) is 2.32. The Morgan fingerprint density at radius 1 is 1.44 bits per heavy atom. The van der Waals surface area contributed by atoms with E-state index >= 15 is 0 Å². The molecule has 1 heterocycles. The largest absolute Gasteiger partial charge is 0.463 e. The van der Waals surface area contributed by atoms with Crippen molar-refractivity contribution in [3.05, 3.63) is 23.8 Å². The molecule has 0 aliphatic carbocycles. The molecule has 18 heavy (non-hydrogen) atoms. The number of benzene rings is 1. The van der Waals surface area contributed by atoms with Crippen LogP contribution in [-0.2, 0) is 19.6 Å². The quantitative estimate of drug-likeness (QED) is 0.768. The fourth-order valence-electron chi connectivity index (χ4n) is 1.73. The van der Waals surface area contributed by atoms with Crippen LogP contribution in [0.15, 0.2) is 23.1 Å². The Balaban J connectivity index is 2.39. The zero-order valence-corrected chi connectivity index (χ0v) is 10.9. The number of carbonyl (C=O) groups excluding carboxylic acids is 1. The predicted molar refractivity (Wildman–Crippen MR) is 65.5 cm³/mol. The van der Waals surface area contributed by atoms with Crippen LogP contribution in [0.25, 0.3) is 0 Å². The maximum atomic E-state index is 11.9. The van der Waals surface area contributed by atoms with Gasteiger partial charge in [-0.05, 0) is 31.5 Å². The average molecular weight is 270 g/mol. The molecule has 0 fully saturated rings. The van der Waals surface area contributed by atoms with Crippen LogP contribution in [0.1, 0.15) is 12.5 Å². The first-order chi connectivity index (χ1) is 8.44. The van der Waals surface area contributed by atoms with Gasteiger partial charge in [-0.1, -0.05) is 6.07 Å². The Morgan fingerprint density at radius 3 is 2.83 bits per heavy atom. The van der Waals surface area contributed by atoms with E-state index in [9.17, 15) is 13.2 Å². The van der Waals surface area contributed by atoms with Gasteiger partial charge < -0.3 is 10.1 Å². The molecule has 0 spiro atoms. The van der Waals surface area contributed by atoms with Crippen molar-refractivity contribution < 1.29 is 17.9 Å². The average Bonchev–Trinajstić information content (AvgIpc) is 2.27. The van der Waals surface area contributed by atoms with E-state index in [0.717, 1.165) is 5.56 Å². The van der Waals surface area contributed by atoms with Crippen molar-refractivity contribution in [3.8, 4) is 0 Å². The van der Waals surface area contributed by atoms with Crippen molar-refractivity contribution in [3.63, 3.8) is 0 Å². The number of hydrogen-bond donors (Lipinski definition) is 2. The predicted octanol–water partition coefficient (Wildman–Crippen LogP) is 0.588. The third-order valence-corrected chi connectivity index (χ3v) is 4.00. The summed E-state index contributed by atoms with van der Waals surface area (Å²) < 4.78 is 30.9. The maximum Gasteiger partial charge on any atom is 0.344 e. The van der Waals surface area contributed by atoms with E-state index in [4.69, 9.17) is 4.74 Å². The lowest BCUT2D eigenvalue weighted by molar-refractivity contribution is -0.144. The number of fused-ring (bicyclic) bond motifs is 1. The number of aryl methyl sites for hydroxylation is 1. The second-order valence-corrected chi connectivity index (χ2v) is 5.63. The Morgan fingerprint density at radius 2 is 2.17 bits per heavy atom. The number of rotatable bonds is 2. The highest BCUT2D eigenvalue weighted by molar-refractivity contribution is 7.89.